The van der Waals surface area contributed by atoms with Crippen LogP contribution in [0.5, 0.6) is 0 Å². The minimum Gasteiger partial charge on any atom is -0.369 e. The molecule has 0 radical (unpaired) electrons. The molecule has 3 N–H and O–H groups in total. The summed E-state index contributed by atoms with van der Waals surface area (Å²) < 4.78 is 0. The van der Waals surface area contributed by atoms with Gasteiger partial charge in [0.25, 0.3) is 5.69 Å². The molecule has 2 rings (SSSR count). The van der Waals surface area contributed by atoms with Gasteiger partial charge < -0.3 is 10.6 Å². The Morgan fingerprint density at radius 2 is 2.11 bits per heavy atom. The molecule has 1 aromatic carbocycles. The Morgan fingerprint density at radius 3 is 2.68 bits per heavy atom. The summed E-state index contributed by atoms with van der Waals surface area (Å²) in [5, 5.41) is 10.7. The van der Waals surface area contributed by atoms with Gasteiger partial charge in [-0.05, 0) is 0 Å². The second-order valence-electron chi connectivity index (χ2n) is 5.03. The molecule has 0 saturated carbocycles. The highest BCUT2D eigenvalue weighted by atomic mass is 16.6. The third-order valence-corrected chi connectivity index (χ3v) is 3.67. The first-order chi connectivity index (χ1) is 9.06. The zero-order chi connectivity index (χ0) is 13.8. The second-order valence-corrected chi connectivity index (χ2v) is 5.03. The number of nitrogens with zero attached hydrogens (tertiary/aromatic N) is 1. The van der Waals surface area contributed by atoms with Crippen LogP contribution >= 0.6 is 0 Å². The Morgan fingerprint density at radius 1 is 1.42 bits per heavy atom. The van der Waals surface area contributed by atoms with E-state index in [4.69, 9.17) is 5.73 Å². The summed E-state index contributed by atoms with van der Waals surface area (Å²) in [5.41, 5.74) is 6.38. The molecule has 0 aromatic heterocycles. The number of likely N-dealkylation sites (tertiary alicyclic amines) is 1. The number of primary amides is 1. The lowest BCUT2D eigenvalue weighted by atomic mass is 9.96. The Balaban J connectivity index is 1.94. The van der Waals surface area contributed by atoms with Crippen molar-refractivity contribution in [2.45, 2.75) is 19.4 Å². The zero-order valence-electron chi connectivity index (χ0n) is 10.7. The van der Waals surface area contributed by atoms with Crippen LogP contribution in [0.25, 0.3) is 0 Å². The largest absolute Gasteiger partial charge is 0.369 e. The summed E-state index contributed by atoms with van der Waals surface area (Å²) in [6.07, 6.45) is 1.61. The van der Waals surface area contributed by atoms with E-state index in [2.05, 4.69) is 0 Å². The maximum absolute atomic E-state index is 11.1. The van der Waals surface area contributed by atoms with Crippen LogP contribution in [0.1, 0.15) is 18.4 Å². The number of hydrogen-bond acceptors (Lipinski definition) is 3. The molecular formula is C13H18N3O3+. The number of nitro benzene ring substituents is 1. The van der Waals surface area contributed by atoms with Gasteiger partial charge in [-0.3, -0.25) is 14.9 Å². The first-order valence-corrected chi connectivity index (χ1v) is 6.42. The minimum absolute atomic E-state index is 0.00569. The van der Waals surface area contributed by atoms with Crippen molar-refractivity contribution in [3.8, 4) is 0 Å². The van der Waals surface area contributed by atoms with E-state index in [0.717, 1.165) is 38.0 Å². The number of nitro groups is 1. The molecule has 0 unspecified atom stereocenters. The monoisotopic (exact) mass is 264 g/mol. The quantitative estimate of drug-likeness (QED) is 0.586. The van der Waals surface area contributed by atoms with Crippen LogP contribution in [0, 0.1) is 16.0 Å². The van der Waals surface area contributed by atoms with Crippen molar-refractivity contribution in [3.63, 3.8) is 0 Å². The van der Waals surface area contributed by atoms with Gasteiger partial charge in [0.15, 0.2) is 0 Å². The van der Waals surface area contributed by atoms with Crippen molar-refractivity contribution in [2.75, 3.05) is 13.1 Å². The Hall–Kier alpha value is -1.95. The molecule has 1 amide bonds. The number of rotatable bonds is 4. The molecule has 1 saturated heterocycles. The van der Waals surface area contributed by atoms with Crippen LogP contribution in [0.3, 0.4) is 0 Å². The fraction of sp³-hybridized carbons (Fsp3) is 0.462. The summed E-state index contributed by atoms with van der Waals surface area (Å²) in [7, 11) is 0. The Kier molecular flexibility index (Phi) is 4.11. The number of hydrogen-bond donors (Lipinski definition) is 2. The van der Waals surface area contributed by atoms with Gasteiger partial charge in [0.1, 0.15) is 6.54 Å². The highest BCUT2D eigenvalue weighted by Gasteiger charge is 2.25. The molecule has 6 heteroatoms. The first kappa shape index (κ1) is 13.5. The number of quaternary nitrogens is 1. The van der Waals surface area contributed by atoms with E-state index >= 15 is 0 Å². The van der Waals surface area contributed by atoms with Gasteiger partial charge in [-0.15, -0.1) is 0 Å². The second kappa shape index (κ2) is 5.79. The summed E-state index contributed by atoms with van der Waals surface area (Å²) in [5.74, 6) is -0.219. The molecule has 0 atom stereocenters. The van der Waals surface area contributed by atoms with E-state index in [-0.39, 0.29) is 22.4 Å². The lowest BCUT2D eigenvalue weighted by Gasteiger charge is -2.27. The summed E-state index contributed by atoms with van der Waals surface area (Å²) >= 11 is 0. The number of carbonyl (C=O) groups excluding carboxylic acids is 1. The van der Waals surface area contributed by atoms with Crippen molar-refractivity contribution in [2.24, 2.45) is 11.7 Å². The van der Waals surface area contributed by atoms with Crippen LogP contribution in [0.2, 0.25) is 0 Å². The van der Waals surface area contributed by atoms with E-state index in [1.807, 2.05) is 6.07 Å². The maximum atomic E-state index is 11.1. The molecule has 1 aliphatic heterocycles. The third-order valence-electron chi connectivity index (χ3n) is 3.67. The van der Waals surface area contributed by atoms with Crippen LogP contribution in [-0.2, 0) is 11.3 Å². The van der Waals surface area contributed by atoms with E-state index in [0.29, 0.717) is 0 Å². The molecule has 0 bridgehead atoms. The van der Waals surface area contributed by atoms with Gasteiger partial charge in [-0.1, -0.05) is 12.1 Å². The summed E-state index contributed by atoms with van der Waals surface area (Å²) in [6, 6.07) is 6.73. The Bertz CT molecular complexity index is 482. The molecular weight excluding hydrogens is 246 g/mol. The molecule has 6 nitrogen and oxygen atoms in total. The first-order valence-electron chi connectivity index (χ1n) is 6.42. The van der Waals surface area contributed by atoms with Crippen molar-refractivity contribution in [3.05, 3.63) is 39.9 Å². The van der Waals surface area contributed by atoms with Crippen molar-refractivity contribution < 1.29 is 14.6 Å². The van der Waals surface area contributed by atoms with Gasteiger partial charge in [-0.25, -0.2) is 0 Å². The predicted molar refractivity (Wildman–Crippen MR) is 69.4 cm³/mol. The van der Waals surface area contributed by atoms with Crippen LogP contribution in [0.15, 0.2) is 24.3 Å². The minimum atomic E-state index is -0.377. The third kappa shape index (κ3) is 3.51. The highest BCUT2D eigenvalue weighted by Crippen LogP contribution is 2.13. The van der Waals surface area contributed by atoms with E-state index < -0.39 is 0 Å². The average Bonchev–Trinajstić information content (AvgIpc) is 2.39. The SMILES string of the molecule is NC(=O)C1CC[NH+](Cc2cccc([N+](=O)[O-])c2)CC1. The lowest BCUT2D eigenvalue weighted by molar-refractivity contribution is -0.919. The zero-order valence-corrected chi connectivity index (χ0v) is 10.7. The van der Waals surface area contributed by atoms with Crippen molar-refractivity contribution >= 4 is 11.6 Å². The summed E-state index contributed by atoms with van der Waals surface area (Å²) in [6.45, 7) is 2.53. The fourth-order valence-corrected chi connectivity index (χ4v) is 2.56. The molecule has 0 spiro atoms. The number of nitrogens with one attached hydrogen (secondary N) is 1. The van der Waals surface area contributed by atoms with Gasteiger partial charge in [0.2, 0.25) is 5.91 Å². The molecule has 0 aliphatic carbocycles. The van der Waals surface area contributed by atoms with Crippen molar-refractivity contribution in [1.29, 1.82) is 0 Å². The average molecular weight is 264 g/mol. The number of non-ortho nitro benzene ring substituents is 1. The molecule has 1 aromatic rings. The van der Waals surface area contributed by atoms with E-state index in [9.17, 15) is 14.9 Å². The summed E-state index contributed by atoms with van der Waals surface area (Å²) in [4.78, 5) is 22.8. The molecule has 102 valence electrons. The number of piperidine rings is 1. The van der Waals surface area contributed by atoms with Gasteiger partial charge in [0.05, 0.1) is 18.0 Å². The number of nitrogens with two attached hydrogens (primary N) is 1. The van der Waals surface area contributed by atoms with Crippen molar-refractivity contribution in [1.82, 2.24) is 0 Å². The molecule has 1 fully saturated rings. The van der Waals surface area contributed by atoms with E-state index in [1.54, 1.807) is 12.1 Å². The van der Waals surface area contributed by atoms with Gasteiger partial charge >= 0.3 is 0 Å². The lowest BCUT2D eigenvalue weighted by Crippen LogP contribution is -3.11. The van der Waals surface area contributed by atoms with Crippen LogP contribution in [0.4, 0.5) is 5.69 Å². The highest BCUT2D eigenvalue weighted by molar-refractivity contribution is 5.76. The van der Waals surface area contributed by atoms with Crippen LogP contribution in [-0.4, -0.2) is 23.9 Å². The topological polar surface area (TPSA) is 90.7 Å². The maximum Gasteiger partial charge on any atom is 0.269 e. The van der Waals surface area contributed by atoms with Gasteiger partial charge in [0, 0.05) is 36.5 Å². The standard InChI is InChI=1S/C13H17N3O3/c14-13(17)11-4-6-15(7-5-11)9-10-2-1-3-12(8-10)16(18)19/h1-3,8,11H,4-7,9H2,(H2,14,17)/p+1. The normalized spacial score (nSPS) is 22.9. The number of benzene rings is 1. The van der Waals surface area contributed by atoms with E-state index in [1.165, 1.54) is 11.0 Å². The van der Waals surface area contributed by atoms with Gasteiger partial charge in [-0.2, -0.15) is 0 Å². The Labute approximate surface area is 111 Å². The number of carbonyl (C=O) groups is 1. The molecule has 19 heavy (non-hydrogen) atoms. The smallest absolute Gasteiger partial charge is 0.269 e. The molecule has 1 heterocycles. The number of amides is 1. The fourth-order valence-electron chi connectivity index (χ4n) is 2.56. The molecule has 1 aliphatic rings. The predicted octanol–water partition coefficient (Wildman–Crippen LogP) is -0.125. The van der Waals surface area contributed by atoms with Crippen LogP contribution < -0.4 is 10.6 Å².